The lowest BCUT2D eigenvalue weighted by Crippen LogP contribution is -2.37. The Bertz CT molecular complexity index is 1230. The van der Waals surface area contributed by atoms with Crippen molar-refractivity contribution >= 4 is 37.8 Å². The van der Waals surface area contributed by atoms with Crippen LogP contribution in [0.1, 0.15) is 5.56 Å². The first-order valence-corrected chi connectivity index (χ1v) is 12.5. The van der Waals surface area contributed by atoms with Crippen LogP contribution in [0.4, 0.5) is 0 Å². The summed E-state index contributed by atoms with van der Waals surface area (Å²) in [4.78, 5) is 25.9. The van der Waals surface area contributed by atoms with Crippen molar-refractivity contribution in [1.82, 2.24) is 14.5 Å². The van der Waals surface area contributed by atoms with Crippen molar-refractivity contribution in [1.29, 1.82) is 0 Å². The number of carbonyl (C=O) groups is 2. The smallest absolute Gasteiger partial charge is 0.340 e. The van der Waals surface area contributed by atoms with Crippen LogP contribution in [0, 0.1) is 0 Å². The van der Waals surface area contributed by atoms with Gasteiger partial charge in [0.1, 0.15) is 5.84 Å². The lowest BCUT2D eigenvalue weighted by atomic mass is 10.2. The predicted molar refractivity (Wildman–Crippen MR) is 115 cm³/mol. The fourth-order valence-corrected chi connectivity index (χ4v) is 4.96. The van der Waals surface area contributed by atoms with Gasteiger partial charge in [0.15, 0.2) is 6.61 Å². The van der Waals surface area contributed by atoms with Gasteiger partial charge in [-0.25, -0.2) is 25.9 Å². The minimum atomic E-state index is -3.68. The van der Waals surface area contributed by atoms with Gasteiger partial charge in [0.05, 0.1) is 16.2 Å². The van der Waals surface area contributed by atoms with E-state index in [2.05, 4.69) is 9.71 Å². The van der Waals surface area contributed by atoms with Crippen molar-refractivity contribution in [2.75, 3.05) is 33.0 Å². The number of carbonyl (C=O) groups excluding carboxylic acids is 2. The molecule has 2 aliphatic rings. The highest BCUT2D eigenvalue weighted by molar-refractivity contribution is 7.90. The van der Waals surface area contributed by atoms with E-state index in [1.165, 1.54) is 43.4 Å². The number of nitrogens with zero attached hydrogens (tertiary/aromatic N) is 3. The third-order valence-electron chi connectivity index (χ3n) is 4.60. The van der Waals surface area contributed by atoms with Gasteiger partial charge < -0.3 is 15.0 Å². The Morgan fingerprint density at radius 3 is 2.66 bits per heavy atom. The number of amides is 1. The molecule has 0 radical (unpaired) electrons. The van der Waals surface area contributed by atoms with Crippen LogP contribution < -0.4 is 5.32 Å². The van der Waals surface area contributed by atoms with Gasteiger partial charge in [0.2, 0.25) is 10.0 Å². The van der Waals surface area contributed by atoms with Crippen molar-refractivity contribution in [3.8, 4) is 0 Å². The highest BCUT2D eigenvalue weighted by Crippen LogP contribution is 2.19. The largest absolute Gasteiger partial charge is 0.452 e. The Labute approximate surface area is 186 Å². The Hall–Kier alpha value is -3.03. The molecular weight excluding hydrogens is 460 g/mol. The summed E-state index contributed by atoms with van der Waals surface area (Å²) < 4.78 is 57.6. The van der Waals surface area contributed by atoms with Gasteiger partial charge in [0.25, 0.3) is 15.9 Å². The van der Waals surface area contributed by atoms with E-state index in [1.54, 1.807) is 18.2 Å². The molecular formula is C19H22N4O7S2. The molecule has 1 aromatic rings. The SMILES string of the molecule is CN(C)S(=O)(=O)c1ccccc1CNC(=O)COC(=O)C1=CN2CCS(=O)(=O)N=C2C=C1. The van der Waals surface area contributed by atoms with Gasteiger partial charge in [-0.3, -0.25) is 4.79 Å². The van der Waals surface area contributed by atoms with Gasteiger partial charge in [-0.1, -0.05) is 18.2 Å². The molecule has 2 heterocycles. The topological polar surface area (TPSA) is 143 Å². The molecule has 1 N–H and O–H groups in total. The molecule has 2 aliphatic heterocycles. The zero-order chi connectivity index (χ0) is 23.5. The maximum absolute atomic E-state index is 12.4. The summed E-state index contributed by atoms with van der Waals surface area (Å²) in [6, 6.07) is 6.27. The van der Waals surface area contributed by atoms with Gasteiger partial charge in [0, 0.05) is 33.4 Å². The van der Waals surface area contributed by atoms with Crippen LogP contribution in [-0.2, 0) is 40.9 Å². The standard InChI is InChI=1S/C19H22N4O7S2/c1-22(2)32(28,29)16-6-4-3-5-14(16)11-20-18(24)13-30-19(25)15-7-8-17-21-31(26,27)10-9-23(17)12-15/h3-8,12H,9-11,13H2,1-2H3,(H,20,24). The van der Waals surface area contributed by atoms with Crippen LogP contribution in [0.15, 0.2) is 57.5 Å². The van der Waals surface area contributed by atoms with Crippen molar-refractivity contribution in [2.45, 2.75) is 11.4 Å². The summed E-state index contributed by atoms with van der Waals surface area (Å²) in [6.07, 6.45) is 4.16. The van der Waals surface area contributed by atoms with E-state index in [0.717, 1.165) is 4.31 Å². The normalized spacial score (nSPS) is 17.3. The summed E-state index contributed by atoms with van der Waals surface area (Å²) in [5.74, 6) is -1.34. The summed E-state index contributed by atoms with van der Waals surface area (Å²) in [6.45, 7) is -0.482. The number of hydrogen-bond acceptors (Lipinski definition) is 8. The van der Waals surface area contributed by atoms with E-state index >= 15 is 0 Å². The minimum Gasteiger partial charge on any atom is -0.452 e. The molecule has 3 rings (SSSR count). The Morgan fingerprint density at radius 2 is 1.94 bits per heavy atom. The average Bonchev–Trinajstić information content (AvgIpc) is 2.75. The molecule has 11 nitrogen and oxygen atoms in total. The van der Waals surface area contributed by atoms with Crippen LogP contribution in [0.3, 0.4) is 0 Å². The van der Waals surface area contributed by atoms with Crippen LogP contribution >= 0.6 is 0 Å². The molecule has 0 aromatic heterocycles. The second-order valence-electron chi connectivity index (χ2n) is 7.09. The van der Waals surface area contributed by atoms with Gasteiger partial charge in [-0.15, -0.1) is 4.40 Å². The number of nitrogens with one attached hydrogen (secondary N) is 1. The van der Waals surface area contributed by atoms with E-state index < -0.39 is 38.5 Å². The molecule has 13 heteroatoms. The van der Waals surface area contributed by atoms with Crippen molar-refractivity contribution < 1.29 is 31.2 Å². The molecule has 1 aromatic carbocycles. The zero-order valence-electron chi connectivity index (χ0n) is 17.4. The Kier molecular flexibility index (Phi) is 6.81. The van der Waals surface area contributed by atoms with E-state index in [4.69, 9.17) is 4.74 Å². The minimum absolute atomic E-state index is 0.0652. The van der Waals surface area contributed by atoms with E-state index in [0.29, 0.717) is 5.56 Å². The van der Waals surface area contributed by atoms with Gasteiger partial charge in [-0.05, 0) is 23.8 Å². The molecule has 0 atom stereocenters. The molecule has 0 aliphatic carbocycles. The van der Waals surface area contributed by atoms with Crippen LogP contribution in [0.5, 0.6) is 0 Å². The molecule has 0 fully saturated rings. The van der Waals surface area contributed by atoms with E-state index in [-0.39, 0.29) is 35.1 Å². The molecule has 32 heavy (non-hydrogen) atoms. The number of fused-ring (bicyclic) bond motifs is 1. The van der Waals surface area contributed by atoms with Crippen molar-refractivity contribution in [2.24, 2.45) is 4.40 Å². The lowest BCUT2D eigenvalue weighted by Gasteiger charge is -2.26. The molecule has 0 saturated carbocycles. The number of amidine groups is 1. The quantitative estimate of drug-likeness (QED) is 0.517. The van der Waals surface area contributed by atoms with E-state index in [9.17, 15) is 26.4 Å². The average molecular weight is 483 g/mol. The highest BCUT2D eigenvalue weighted by Gasteiger charge is 2.26. The monoisotopic (exact) mass is 482 g/mol. The molecule has 1 amide bonds. The van der Waals surface area contributed by atoms with Crippen LogP contribution in [0.2, 0.25) is 0 Å². The van der Waals surface area contributed by atoms with Gasteiger partial charge in [-0.2, -0.15) is 0 Å². The molecule has 0 bridgehead atoms. The van der Waals surface area contributed by atoms with Crippen molar-refractivity contribution in [3.63, 3.8) is 0 Å². The molecule has 172 valence electrons. The third kappa shape index (κ3) is 5.41. The predicted octanol–water partition coefficient (Wildman–Crippen LogP) is -0.406. The van der Waals surface area contributed by atoms with E-state index in [1.807, 2.05) is 0 Å². The molecule has 0 spiro atoms. The number of ether oxygens (including phenoxy) is 1. The first-order chi connectivity index (χ1) is 15.0. The zero-order valence-corrected chi connectivity index (χ0v) is 19.0. The summed E-state index contributed by atoms with van der Waals surface area (Å²) >= 11 is 0. The molecule has 0 unspecified atom stereocenters. The fraction of sp³-hybridized carbons (Fsp3) is 0.316. The first-order valence-electron chi connectivity index (χ1n) is 9.43. The Morgan fingerprint density at radius 1 is 1.22 bits per heavy atom. The van der Waals surface area contributed by atoms with Crippen molar-refractivity contribution in [3.05, 3.63) is 53.8 Å². The summed E-state index contributed by atoms with van der Waals surface area (Å²) in [7, 11) is -4.36. The number of sulfonamides is 2. The number of benzene rings is 1. The maximum Gasteiger partial charge on any atom is 0.340 e. The summed E-state index contributed by atoms with van der Waals surface area (Å²) in [5, 5.41) is 2.53. The Balaban J connectivity index is 1.56. The lowest BCUT2D eigenvalue weighted by molar-refractivity contribution is -0.144. The highest BCUT2D eigenvalue weighted by atomic mass is 32.2. The second-order valence-corrected chi connectivity index (χ2v) is 11.0. The summed E-state index contributed by atoms with van der Waals surface area (Å²) in [5.41, 5.74) is 0.532. The maximum atomic E-state index is 12.4. The van der Waals surface area contributed by atoms with Gasteiger partial charge >= 0.3 is 5.97 Å². The first kappa shape index (κ1) is 23.6. The number of rotatable bonds is 7. The number of hydrogen-bond donors (Lipinski definition) is 1. The second kappa shape index (κ2) is 9.22. The molecule has 0 saturated heterocycles. The third-order valence-corrected chi connectivity index (χ3v) is 7.68. The fourth-order valence-electron chi connectivity index (χ4n) is 2.88. The van der Waals surface area contributed by atoms with Crippen LogP contribution in [0.25, 0.3) is 0 Å². The van der Waals surface area contributed by atoms with Crippen LogP contribution in [-0.4, -0.2) is 76.8 Å². The number of esters is 1.